The summed E-state index contributed by atoms with van der Waals surface area (Å²) in [6, 6.07) is 6.51. The third kappa shape index (κ3) is 6.96. The molecule has 0 bridgehead atoms. The predicted molar refractivity (Wildman–Crippen MR) is 109 cm³/mol. The Hall–Kier alpha value is -3.27. The molecule has 10 heteroatoms. The number of likely N-dealkylation sites (tertiary alicyclic amines) is 1. The molecular weight excluding hydrogens is 390 g/mol. The molecule has 30 heavy (non-hydrogen) atoms. The van der Waals surface area contributed by atoms with Gasteiger partial charge in [-0.3, -0.25) is 28.9 Å². The number of carbonyl (C=O) groups is 5. The van der Waals surface area contributed by atoms with E-state index in [-0.39, 0.29) is 50.1 Å². The first-order valence-electron chi connectivity index (χ1n) is 9.74. The molecule has 1 aliphatic rings. The molecule has 1 aromatic carbocycles. The standard InChI is InChI=1S/C20H27N5O5/c1-13(20(30)24-15-5-3-14(4-6-15)11-21-2)23-17(27)12-22-16(26)9-10-25-18(28)7-8-19(25)29/h3-6,13,21H,7-12H2,1-2H3,(H,22,26)(H,23,27)(H,24,30). The fourth-order valence-corrected chi connectivity index (χ4v) is 2.87. The molecule has 1 unspecified atom stereocenters. The molecule has 0 aliphatic carbocycles. The van der Waals surface area contributed by atoms with E-state index in [9.17, 15) is 24.0 Å². The Morgan fingerprint density at radius 1 is 1.03 bits per heavy atom. The minimum atomic E-state index is -0.800. The van der Waals surface area contributed by atoms with Gasteiger partial charge in [-0.15, -0.1) is 0 Å². The quantitative estimate of drug-likeness (QED) is 0.379. The summed E-state index contributed by atoms with van der Waals surface area (Å²) in [5.41, 5.74) is 1.69. The van der Waals surface area contributed by atoms with Crippen LogP contribution in [0.5, 0.6) is 0 Å². The van der Waals surface area contributed by atoms with Crippen molar-refractivity contribution in [3.63, 3.8) is 0 Å². The van der Waals surface area contributed by atoms with E-state index in [1.54, 1.807) is 12.1 Å². The minimum absolute atomic E-state index is 0.00294. The van der Waals surface area contributed by atoms with Crippen LogP contribution in [0.25, 0.3) is 0 Å². The highest BCUT2D eigenvalue weighted by molar-refractivity contribution is 6.02. The van der Waals surface area contributed by atoms with Gasteiger partial charge in [0.2, 0.25) is 29.5 Å². The number of rotatable bonds is 10. The van der Waals surface area contributed by atoms with E-state index in [1.807, 2.05) is 19.2 Å². The number of anilines is 1. The van der Waals surface area contributed by atoms with Crippen LogP contribution in [0, 0.1) is 0 Å². The van der Waals surface area contributed by atoms with Crippen molar-refractivity contribution in [1.82, 2.24) is 20.9 Å². The molecule has 1 fully saturated rings. The van der Waals surface area contributed by atoms with Crippen molar-refractivity contribution in [1.29, 1.82) is 0 Å². The maximum Gasteiger partial charge on any atom is 0.246 e. The summed E-state index contributed by atoms with van der Waals surface area (Å²) >= 11 is 0. The number of nitrogens with one attached hydrogen (secondary N) is 4. The summed E-state index contributed by atoms with van der Waals surface area (Å²) in [6.07, 6.45) is 0.260. The summed E-state index contributed by atoms with van der Waals surface area (Å²) in [4.78, 5) is 60.0. The molecule has 1 heterocycles. The normalized spacial score (nSPS) is 14.4. The van der Waals surface area contributed by atoms with Crippen LogP contribution in [0.15, 0.2) is 24.3 Å². The van der Waals surface area contributed by atoms with Gasteiger partial charge in [-0.2, -0.15) is 0 Å². The molecular formula is C20H27N5O5. The van der Waals surface area contributed by atoms with E-state index >= 15 is 0 Å². The maximum absolute atomic E-state index is 12.2. The number of imide groups is 1. The van der Waals surface area contributed by atoms with Crippen molar-refractivity contribution >= 4 is 35.2 Å². The first-order chi connectivity index (χ1) is 14.3. The molecule has 4 N–H and O–H groups in total. The van der Waals surface area contributed by atoms with E-state index in [1.165, 1.54) is 6.92 Å². The Balaban J connectivity index is 1.69. The summed E-state index contributed by atoms with van der Waals surface area (Å²) in [5, 5.41) is 10.7. The largest absolute Gasteiger partial charge is 0.347 e. The number of carbonyl (C=O) groups excluding carboxylic acids is 5. The van der Waals surface area contributed by atoms with Crippen molar-refractivity contribution in [2.75, 3.05) is 25.5 Å². The second-order valence-corrected chi connectivity index (χ2v) is 6.97. The fourth-order valence-electron chi connectivity index (χ4n) is 2.87. The summed E-state index contributed by atoms with van der Waals surface area (Å²) in [5.74, 6) is -1.95. The van der Waals surface area contributed by atoms with E-state index in [2.05, 4.69) is 21.3 Å². The molecule has 0 radical (unpaired) electrons. The molecule has 162 valence electrons. The average Bonchev–Trinajstić information content (AvgIpc) is 3.04. The Morgan fingerprint density at radius 3 is 2.27 bits per heavy atom. The molecule has 1 aromatic rings. The minimum Gasteiger partial charge on any atom is -0.347 e. The topological polar surface area (TPSA) is 137 Å². The van der Waals surface area contributed by atoms with Gasteiger partial charge in [0.05, 0.1) is 6.54 Å². The van der Waals surface area contributed by atoms with Crippen molar-refractivity contribution < 1.29 is 24.0 Å². The summed E-state index contributed by atoms with van der Waals surface area (Å²) in [6.45, 7) is 1.94. The van der Waals surface area contributed by atoms with E-state index < -0.39 is 17.9 Å². The zero-order valence-electron chi connectivity index (χ0n) is 17.1. The molecule has 5 amide bonds. The molecule has 0 aromatic heterocycles. The Bertz CT molecular complexity index is 792. The van der Waals surface area contributed by atoms with E-state index in [0.717, 1.165) is 17.0 Å². The van der Waals surface area contributed by atoms with Gasteiger partial charge in [0.15, 0.2) is 0 Å². The lowest BCUT2D eigenvalue weighted by atomic mass is 10.2. The molecule has 2 rings (SSSR count). The first-order valence-corrected chi connectivity index (χ1v) is 9.74. The monoisotopic (exact) mass is 417 g/mol. The van der Waals surface area contributed by atoms with Crippen molar-refractivity contribution in [3.8, 4) is 0 Å². The average molecular weight is 417 g/mol. The van der Waals surface area contributed by atoms with Gasteiger partial charge in [0.25, 0.3) is 0 Å². The number of amides is 5. The second-order valence-electron chi connectivity index (χ2n) is 6.97. The molecule has 0 spiro atoms. The zero-order valence-corrected chi connectivity index (χ0v) is 17.1. The Kier molecular flexibility index (Phi) is 8.48. The lowest BCUT2D eigenvalue weighted by Crippen LogP contribution is -2.46. The number of nitrogens with zero attached hydrogens (tertiary/aromatic N) is 1. The molecule has 10 nitrogen and oxygen atoms in total. The van der Waals surface area contributed by atoms with Gasteiger partial charge in [-0.05, 0) is 31.7 Å². The van der Waals surface area contributed by atoms with Gasteiger partial charge in [0.1, 0.15) is 6.04 Å². The van der Waals surface area contributed by atoms with Crippen LogP contribution in [-0.4, -0.2) is 60.6 Å². The van der Waals surface area contributed by atoms with Gasteiger partial charge in [-0.1, -0.05) is 12.1 Å². The van der Waals surface area contributed by atoms with Crippen molar-refractivity contribution in [2.24, 2.45) is 0 Å². The van der Waals surface area contributed by atoms with Crippen LogP contribution >= 0.6 is 0 Å². The van der Waals surface area contributed by atoms with Crippen LogP contribution in [-0.2, 0) is 30.5 Å². The number of hydrogen-bond acceptors (Lipinski definition) is 6. The fraction of sp³-hybridized carbons (Fsp3) is 0.450. The van der Waals surface area contributed by atoms with Gasteiger partial charge in [0, 0.05) is 38.0 Å². The van der Waals surface area contributed by atoms with Crippen LogP contribution in [0.1, 0.15) is 31.7 Å². The van der Waals surface area contributed by atoms with Gasteiger partial charge >= 0.3 is 0 Å². The van der Waals surface area contributed by atoms with Gasteiger partial charge < -0.3 is 21.3 Å². The highest BCUT2D eigenvalue weighted by atomic mass is 16.2. The van der Waals surface area contributed by atoms with Crippen LogP contribution in [0.2, 0.25) is 0 Å². The Morgan fingerprint density at radius 2 is 1.67 bits per heavy atom. The van der Waals surface area contributed by atoms with Gasteiger partial charge in [-0.25, -0.2) is 0 Å². The first kappa shape index (κ1) is 23.0. The molecule has 1 saturated heterocycles. The van der Waals surface area contributed by atoms with Crippen LogP contribution < -0.4 is 21.3 Å². The van der Waals surface area contributed by atoms with E-state index in [4.69, 9.17) is 0 Å². The third-order valence-electron chi connectivity index (χ3n) is 4.54. The van der Waals surface area contributed by atoms with Crippen LogP contribution in [0.4, 0.5) is 5.69 Å². The number of hydrogen-bond donors (Lipinski definition) is 4. The van der Waals surface area contributed by atoms with Crippen molar-refractivity contribution in [2.45, 2.75) is 38.8 Å². The molecule has 1 atom stereocenters. The highest BCUT2D eigenvalue weighted by Crippen LogP contribution is 2.12. The lowest BCUT2D eigenvalue weighted by molar-refractivity contribution is -0.138. The highest BCUT2D eigenvalue weighted by Gasteiger charge is 2.28. The molecule has 1 aliphatic heterocycles. The zero-order chi connectivity index (χ0) is 22.1. The predicted octanol–water partition coefficient (Wildman–Crippen LogP) is -0.495. The van der Waals surface area contributed by atoms with Crippen LogP contribution in [0.3, 0.4) is 0 Å². The summed E-state index contributed by atoms with van der Waals surface area (Å²) < 4.78 is 0. The number of benzene rings is 1. The summed E-state index contributed by atoms with van der Waals surface area (Å²) in [7, 11) is 1.85. The lowest BCUT2D eigenvalue weighted by Gasteiger charge is -2.15. The Labute approximate surface area is 174 Å². The molecule has 0 saturated carbocycles. The SMILES string of the molecule is CNCc1ccc(NC(=O)C(C)NC(=O)CNC(=O)CCN2C(=O)CCC2=O)cc1. The van der Waals surface area contributed by atoms with E-state index in [0.29, 0.717) is 5.69 Å². The second kappa shape index (κ2) is 11.1. The maximum atomic E-state index is 12.2. The van der Waals surface area contributed by atoms with Crippen molar-refractivity contribution in [3.05, 3.63) is 29.8 Å². The smallest absolute Gasteiger partial charge is 0.246 e. The third-order valence-corrected chi connectivity index (χ3v) is 4.54.